The Balaban J connectivity index is 1.97. The van der Waals surface area contributed by atoms with E-state index in [9.17, 15) is 5.11 Å². The van der Waals surface area contributed by atoms with Crippen LogP contribution in [0.5, 0.6) is 0 Å². The molecule has 0 aliphatic heterocycles. The molecule has 0 aromatic carbocycles. The molecule has 0 unspecified atom stereocenters. The maximum atomic E-state index is 10.5. The van der Waals surface area contributed by atoms with Crippen molar-refractivity contribution >= 4 is 5.82 Å². The summed E-state index contributed by atoms with van der Waals surface area (Å²) in [6, 6.07) is 3.68. The van der Waals surface area contributed by atoms with Gasteiger partial charge in [0.2, 0.25) is 0 Å². The van der Waals surface area contributed by atoms with Gasteiger partial charge in [0.25, 0.3) is 0 Å². The van der Waals surface area contributed by atoms with E-state index >= 15 is 0 Å². The molecule has 5 nitrogen and oxygen atoms in total. The lowest BCUT2D eigenvalue weighted by Gasteiger charge is -2.40. The van der Waals surface area contributed by atoms with Gasteiger partial charge in [0.05, 0.1) is 17.4 Å². The highest BCUT2D eigenvalue weighted by atomic mass is 16.3. The van der Waals surface area contributed by atoms with E-state index in [0.29, 0.717) is 23.3 Å². The van der Waals surface area contributed by atoms with Crippen molar-refractivity contribution in [1.29, 1.82) is 5.26 Å². The Kier molecular flexibility index (Phi) is 3.72. The van der Waals surface area contributed by atoms with Crippen LogP contribution in [0.2, 0.25) is 0 Å². The van der Waals surface area contributed by atoms with Crippen LogP contribution < -0.4 is 5.32 Å². The van der Waals surface area contributed by atoms with Gasteiger partial charge in [-0.25, -0.2) is 0 Å². The molecule has 1 aliphatic carbocycles. The minimum Gasteiger partial charge on any atom is -0.388 e. The lowest BCUT2D eigenvalue weighted by molar-refractivity contribution is -0.0146. The van der Waals surface area contributed by atoms with Crippen LogP contribution in [0.15, 0.2) is 12.3 Å². The van der Waals surface area contributed by atoms with E-state index in [4.69, 9.17) is 5.26 Å². The minimum atomic E-state index is -0.709. The normalized spacial score (nSPS) is 20.5. The number of nitrogens with one attached hydrogen (secondary N) is 1. The van der Waals surface area contributed by atoms with Crippen LogP contribution in [-0.4, -0.2) is 27.4 Å². The molecule has 2 N–H and O–H groups in total. The molecular formula is C14H20N4O. The van der Waals surface area contributed by atoms with Gasteiger partial charge >= 0.3 is 0 Å². The Labute approximate surface area is 113 Å². The Morgan fingerprint density at radius 1 is 1.37 bits per heavy atom. The van der Waals surface area contributed by atoms with Crippen LogP contribution in [0.4, 0.5) is 5.82 Å². The molecule has 0 saturated heterocycles. The first kappa shape index (κ1) is 13.8. The highest BCUT2D eigenvalue weighted by Gasteiger charge is 2.36. The van der Waals surface area contributed by atoms with E-state index < -0.39 is 5.60 Å². The van der Waals surface area contributed by atoms with Crippen molar-refractivity contribution < 1.29 is 5.11 Å². The van der Waals surface area contributed by atoms with Gasteiger partial charge in [-0.15, -0.1) is 5.10 Å². The predicted molar refractivity (Wildman–Crippen MR) is 72.4 cm³/mol. The van der Waals surface area contributed by atoms with Gasteiger partial charge in [-0.3, -0.25) is 0 Å². The average Bonchev–Trinajstić information content (AvgIpc) is 2.41. The molecule has 0 amide bonds. The molecule has 0 spiro atoms. The molecule has 2 rings (SSSR count). The third kappa shape index (κ3) is 3.42. The summed E-state index contributed by atoms with van der Waals surface area (Å²) in [7, 11) is 0. The van der Waals surface area contributed by atoms with Crippen LogP contribution in [-0.2, 0) is 0 Å². The number of nitriles is 1. The van der Waals surface area contributed by atoms with Crippen molar-refractivity contribution in [2.24, 2.45) is 5.41 Å². The first-order valence-corrected chi connectivity index (χ1v) is 6.62. The molecule has 102 valence electrons. The Hall–Kier alpha value is -1.67. The number of hydrogen-bond donors (Lipinski definition) is 2. The van der Waals surface area contributed by atoms with E-state index in [1.54, 1.807) is 6.07 Å². The van der Waals surface area contributed by atoms with Crippen molar-refractivity contribution in [1.82, 2.24) is 10.2 Å². The second kappa shape index (κ2) is 5.14. The molecule has 1 aliphatic rings. The van der Waals surface area contributed by atoms with Crippen LogP contribution in [0.25, 0.3) is 0 Å². The number of anilines is 1. The predicted octanol–water partition coefficient (Wildman–Crippen LogP) is 2.09. The van der Waals surface area contributed by atoms with E-state index in [2.05, 4.69) is 35.4 Å². The fourth-order valence-corrected chi connectivity index (χ4v) is 2.37. The van der Waals surface area contributed by atoms with E-state index in [0.717, 1.165) is 25.7 Å². The maximum Gasteiger partial charge on any atom is 0.166 e. The Morgan fingerprint density at radius 2 is 2.05 bits per heavy atom. The number of hydrogen-bond acceptors (Lipinski definition) is 5. The maximum absolute atomic E-state index is 10.5. The molecule has 0 radical (unpaired) electrons. The molecular weight excluding hydrogens is 240 g/mol. The smallest absolute Gasteiger partial charge is 0.166 e. The van der Waals surface area contributed by atoms with Crippen molar-refractivity contribution in [3.8, 4) is 6.07 Å². The quantitative estimate of drug-likeness (QED) is 0.869. The third-order valence-electron chi connectivity index (χ3n) is 3.96. The largest absolute Gasteiger partial charge is 0.388 e. The zero-order chi connectivity index (χ0) is 13.9. The summed E-state index contributed by atoms with van der Waals surface area (Å²) in [6.45, 7) is 4.88. The lowest BCUT2D eigenvalue weighted by Crippen LogP contribution is -2.42. The number of aliphatic hydroxyl groups is 1. The van der Waals surface area contributed by atoms with Gasteiger partial charge < -0.3 is 10.4 Å². The summed E-state index contributed by atoms with van der Waals surface area (Å²) < 4.78 is 0. The zero-order valence-electron chi connectivity index (χ0n) is 11.5. The molecule has 1 saturated carbocycles. The molecule has 1 aromatic heterocycles. The highest BCUT2D eigenvalue weighted by molar-refractivity contribution is 5.50. The van der Waals surface area contributed by atoms with Gasteiger partial charge in [0, 0.05) is 6.54 Å². The summed E-state index contributed by atoms with van der Waals surface area (Å²) in [5.74, 6) is 0.447. The first-order chi connectivity index (χ1) is 8.94. The Bertz CT molecular complexity index is 482. The fraction of sp³-hybridized carbons (Fsp3) is 0.643. The van der Waals surface area contributed by atoms with Crippen LogP contribution in [0, 0.1) is 16.7 Å². The topological polar surface area (TPSA) is 81.8 Å². The minimum absolute atomic E-state index is 0.316. The summed E-state index contributed by atoms with van der Waals surface area (Å²) in [5.41, 5.74) is 0.0610. The zero-order valence-corrected chi connectivity index (χ0v) is 11.5. The first-order valence-electron chi connectivity index (χ1n) is 6.62. The summed E-state index contributed by atoms with van der Waals surface area (Å²) in [6.07, 6.45) is 5.05. The highest BCUT2D eigenvalue weighted by Crippen LogP contribution is 2.40. The monoisotopic (exact) mass is 260 g/mol. The number of nitrogens with zero attached hydrogens (tertiary/aromatic N) is 3. The fourth-order valence-electron chi connectivity index (χ4n) is 2.37. The summed E-state index contributed by atoms with van der Waals surface area (Å²) in [4.78, 5) is 0. The second-order valence-electron chi connectivity index (χ2n) is 6.15. The van der Waals surface area contributed by atoms with Crippen LogP contribution in [0.3, 0.4) is 0 Å². The van der Waals surface area contributed by atoms with Crippen molar-refractivity contribution in [2.75, 3.05) is 11.9 Å². The summed E-state index contributed by atoms with van der Waals surface area (Å²) >= 11 is 0. The SMILES string of the molecule is CC1(C)CCC(O)(CNc2nnccc2C#N)CC1. The number of aromatic nitrogens is 2. The molecule has 5 heteroatoms. The van der Waals surface area contributed by atoms with Gasteiger partial charge in [0.1, 0.15) is 6.07 Å². The number of rotatable bonds is 3. The Morgan fingerprint density at radius 3 is 2.68 bits per heavy atom. The van der Waals surface area contributed by atoms with Crippen molar-refractivity contribution in [2.45, 2.75) is 45.1 Å². The molecule has 0 atom stereocenters. The second-order valence-corrected chi connectivity index (χ2v) is 6.15. The van der Waals surface area contributed by atoms with Crippen LogP contribution >= 0.6 is 0 Å². The third-order valence-corrected chi connectivity index (χ3v) is 3.96. The molecule has 0 bridgehead atoms. The molecule has 1 heterocycles. The van der Waals surface area contributed by atoms with Crippen LogP contribution in [0.1, 0.15) is 45.1 Å². The van der Waals surface area contributed by atoms with E-state index in [-0.39, 0.29) is 0 Å². The summed E-state index contributed by atoms with van der Waals surface area (Å²) in [5, 5.41) is 30.2. The standard InChI is InChI=1S/C14H20N4O/c1-13(2)4-6-14(19,7-5-13)10-16-12-11(9-15)3-8-17-18-12/h3,8,19H,4-7,10H2,1-2H3,(H,16,18). The van der Waals surface area contributed by atoms with E-state index in [1.165, 1.54) is 6.20 Å². The molecule has 1 aromatic rings. The molecule has 19 heavy (non-hydrogen) atoms. The van der Waals surface area contributed by atoms with Crippen molar-refractivity contribution in [3.05, 3.63) is 17.8 Å². The molecule has 1 fully saturated rings. The van der Waals surface area contributed by atoms with Gasteiger partial charge in [-0.2, -0.15) is 10.4 Å². The van der Waals surface area contributed by atoms with Gasteiger partial charge in [-0.05, 0) is 37.2 Å². The van der Waals surface area contributed by atoms with E-state index in [1.807, 2.05) is 0 Å². The van der Waals surface area contributed by atoms with Gasteiger partial charge in [-0.1, -0.05) is 13.8 Å². The van der Waals surface area contributed by atoms with Gasteiger partial charge in [0.15, 0.2) is 5.82 Å². The average molecular weight is 260 g/mol. The lowest BCUT2D eigenvalue weighted by atomic mass is 9.71. The van der Waals surface area contributed by atoms with Crippen molar-refractivity contribution in [3.63, 3.8) is 0 Å².